The maximum atomic E-state index is 9.35. The van der Waals surface area contributed by atoms with Crippen molar-refractivity contribution < 1.29 is 5.11 Å². The van der Waals surface area contributed by atoms with Crippen molar-refractivity contribution in [2.24, 2.45) is 5.92 Å². The molecule has 0 aliphatic carbocycles. The quantitative estimate of drug-likeness (QED) is 0.646. The summed E-state index contributed by atoms with van der Waals surface area (Å²) in [6, 6.07) is 0.708. The molecule has 1 saturated heterocycles. The zero-order valence-electron chi connectivity index (χ0n) is 13.4. The first kappa shape index (κ1) is 16.9. The molecule has 3 unspecified atom stereocenters. The first-order valence-electron chi connectivity index (χ1n) is 7.60. The number of nitrogens with zero attached hydrogens (tertiary/aromatic N) is 2. The largest absolute Gasteiger partial charge is 0.394 e. The van der Waals surface area contributed by atoms with Crippen LogP contribution in [0.4, 0.5) is 0 Å². The number of unbranched alkanes of at least 4 members (excludes halogenated alkanes) is 1. The van der Waals surface area contributed by atoms with E-state index in [4.69, 9.17) is 0 Å². The molecule has 0 aromatic heterocycles. The molecule has 0 radical (unpaired) electrons. The fraction of sp³-hybridized carbons (Fsp3) is 1.00. The van der Waals surface area contributed by atoms with Crippen LogP contribution in [0.2, 0.25) is 0 Å². The van der Waals surface area contributed by atoms with Crippen molar-refractivity contribution in [3.05, 3.63) is 0 Å². The van der Waals surface area contributed by atoms with Crippen LogP contribution in [0, 0.1) is 5.92 Å². The van der Waals surface area contributed by atoms with Crippen molar-refractivity contribution in [3.63, 3.8) is 0 Å². The van der Waals surface area contributed by atoms with E-state index in [-0.39, 0.29) is 12.1 Å². The maximum absolute atomic E-state index is 9.35. The second-order valence-corrected chi connectivity index (χ2v) is 6.69. The Balaban J connectivity index is 2.21. The Labute approximate surface area is 119 Å². The van der Waals surface area contributed by atoms with Gasteiger partial charge in [-0.3, -0.25) is 0 Å². The highest BCUT2D eigenvalue weighted by Crippen LogP contribution is 2.21. The van der Waals surface area contributed by atoms with Gasteiger partial charge in [-0.1, -0.05) is 13.3 Å². The molecule has 3 atom stereocenters. The highest BCUT2D eigenvalue weighted by molar-refractivity contribution is 4.86. The Kier molecular flexibility index (Phi) is 6.74. The third kappa shape index (κ3) is 5.03. The van der Waals surface area contributed by atoms with Crippen molar-refractivity contribution in [1.82, 2.24) is 15.1 Å². The van der Waals surface area contributed by atoms with Gasteiger partial charge in [-0.05, 0) is 53.4 Å². The number of nitrogens with one attached hydrogen (secondary N) is 1. The van der Waals surface area contributed by atoms with Gasteiger partial charge in [0, 0.05) is 24.7 Å². The van der Waals surface area contributed by atoms with Crippen molar-refractivity contribution >= 4 is 0 Å². The average Bonchev–Trinajstić information content (AvgIpc) is 2.76. The highest BCUT2D eigenvalue weighted by Gasteiger charge is 2.30. The van der Waals surface area contributed by atoms with Gasteiger partial charge in [0.05, 0.1) is 6.61 Å². The Bertz CT molecular complexity index is 254. The lowest BCUT2D eigenvalue weighted by atomic mass is 9.96. The Hall–Kier alpha value is -0.160. The van der Waals surface area contributed by atoms with E-state index < -0.39 is 0 Å². The number of aliphatic hydroxyl groups is 1. The molecular formula is C15H33N3O. The van der Waals surface area contributed by atoms with Gasteiger partial charge in [0.25, 0.3) is 0 Å². The molecule has 4 heteroatoms. The summed E-state index contributed by atoms with van der Waals surface area (Å²) in [5.74, 6) is 0.773. The molecule has 2 N–H and O–H groups in total. The lowest BCUT2D eigenvalue weighted by Crippen LogP contribution is -2.43. The van der Waals surface area contributed by atoms with Gasteiger partial charge in [-0.25, -0.2) is 0 Å². The second-order valence-electron chi connectivity index (χ2n) is 6.69. The number of likely N-dealkylation sites (tertiary alicyclic amines) is 1. The van der Waals surface area contributed by atoms with Crippen molar-refractivity contribution in [1.29, 1.82) is 0 Å². The van der Waals surface area contributed by atoms with Crippen molar-refractivity contribution in [3.8, 4) is 0 Å². The van der Waals surface area contributed by atoms with E-state index >= 15 is 0 Å². The lowest BCUT2D eigenvalue weighted by Gasteiger charge is -2.27. The van der Waals surface area contributed by atoms with Gasteiger partial charge >= 0.3 is 0 Å². The molecule has 0 aromatic rings. The molecule has 114 valence electrons. The predicted octanol–water partition coefficient (Wildman–Crippen LogP) is 1.01. The van der Waals surface area contributed by atoms with Crippen LogP contribution in [-0.4, -0.2) is 73.9 Å². The number of hydrogen-bond acceptors (Lipinski definition) is 4. The van der Waals surface area contributed by atoms with Crippen molar-refractivity contribution in [2.75, 3.05) is 47.4 Å². The Morgan fingerprint density at radius 3 is 2.47 bits per heavy atom. The average molecular weight is 271 g/mol. The van der Waals surface area contributed by atoms with E-state index in [0.717, 1.165) is 12.3 Å². The van der Waals surface area contributed by atoms with E-state index in [0.29, 0.717) is 6.04 Å². The van der Waals surface area contributed by atoms with Crippen LogP contribution in [0.3, 0.4) is 0 Å². The van der Waals surface area contributed by atoms with Crippen LogP contribution in [0.5, 0.6) is 0 Å². The lowest BCUT2D eigenvalue weighted by molar-refractivity contribution is 0.169. The summed E-state index contributed by atoms with van der Waals surface area (Å²) >= 11 is 0. The molecule has 19 heavy (non-hydrogen) atoms. The minimum absolute atomic E-state index is 0.107. The fourth-order valence-corrected chi connectivity index (χ4v) is 3.04. The molecule has 1 heterocycles. The van der Waals surface area contributed by atoms with Crippen molar-refractivity contribution in [2.45, 2.75) is 44.7 Å². The summed E-state index contributed by atoms with van der Waals surface area (Å²) in [6.45, 7) is 8.29. The molecular weight excluding hydrogens is 238 g/mol. The number of hydrogen-bond donors (Lipinski definition) is 2. The molecule has 1 aliphatic heterocycles. The van der Waals surface area contributed by atoms with Crippen LogP contribution in [0.1, 0.15) is 33.1 Å². The van der Waals surface area contributed by atoms with E-state index in [1.165, 1.54) is 32.5 Å². The predicted molar refractivity (Wildman–Crippen MR) is 81.5 cm³/mol. The maximum Gasteiger partial charge on any atom is 0.0610 e. The van der Waals surface area contributed by atoms with Crippen LogP contribution in [0.25, 0.3) is 0 Å². The first-order chi connectivity index (χ1) is 8.91. The molecule has 0 bridgehead atoms. The summed E-state index contributed by atoms with van der Waals surface area (Å²) in [4.78, 5) is 4.94. The normalized spacial score (nSPS) is 27.9. The summed E-state index contributed by atoms with van der Waals surface area (Å²) < 4.78 is 0. The minimum Gasteiger partial charge on any atom is -0.394 e. The topological polar surface area (TPSA) is 38.7 Å². The molecule has 0 aromatic carbocycles. The Morgan fingerprint density at radius 2 is 2.00 bits per heavy atom. The third-order valence-corrected chi connectivity index (χ3v) is 4.72. The third-order valence-electron chi connectivity index (χ3n) is 4.72. The summed E-state index contributed by atoms with van der Waals surface area (Å²) in [7, 11) is 6.30. The van der Waals surface area contributed by atoms with Gasteiger partial charge in [-0.15, -0.1) is 0 Å². The number of aliphatic hydroxyl groups excluding tert-OH is 1. The molecule has 0 amide bonds. The molecule has 1 fully saturated rings. The summed E-state index contributed by atoms with van der Waals surface area (Å²) in [5, 5.41) is 12.6. The second kappa shape index (κ2) is 7.58. The molecule has 1 rings (SSSR count). The van der Waals surface area contributed by atoms with E-state index in [1.807, 2.05) is 7.05 Å². The molecule has 0 spiro atoms. The van der Waals surface area contributed by atoms with Crippen LogP contribution < -0.4 is 5.32 Å². The monoisotopic (exact) mass is 271 g/mol. The van der Waals surface area contributed by atoms with Gasteiger partial charge < -0.3 is 20.2 Å². The number of rotatable bonds is 8. The fourth-order valence-electron chi connectivity index (χ4n) is 3.04. The molecule has 0 saturated carbocycles. The summed E-state index contributed by atoms with van der Waals surface area (Å²) in [5.41, 5.74) is -0.107. The van der Waals surface area contributed by atoms with E-state index in [1.54, 1.807) is 0 Å². The summed E-state index contributed by atoms with van der Waals surface area (Å²) in [6.07, 6.45) is 3.44. The van der Waals surface area contributed by atoms with Gasteiger partial charge in [0.2, 0.25) is 0 Å². The number of likely N-dealkylation sites (N-methyl/N-ethyl adjacent to an activating group) is 2. The zero-order chi connectivity index (χ0) is 14.5. The smallest absolute Gasteiger partial charge is 0.0610 e. The Morgan fingerprint density at radius 1 is 1.32 bits per heavy atom. The van der Waals surface area contributed by atoms with Crippen LogP contribution in [0.15, 0.2) is 0 Å². The van der Waals surface area contributed by atoms with Crippen LogP contribution in [-0.2, 0) is 0 Å². The van der Waals surface area contributed by atoms with Crippen LogP contribution >= 0.6 is 0 Å². The van der Waals surface area contributed by atoms with E-state index in [2.05, 4.69) is 43.1 Å². The van der Waals surface area contributed by atoms with Gasteiger partial charge in [0.1, 0.15) is 0 Å². The standard InChI is InChI=1S/C15H33N3O/c1-13-10-18(11-14(13)17(4)5)9-7-6-8-15(2,12-19)16-3/h13-14,16,19H,6-12H2,1-5H3. The molecule has 1 aliphatic rings. The van der Waals surface area contributed by atoms with Gasteiger partial charge in [-0.2, -0.15) is 0 Å². The minimum atomic E-state index is -0.107. The highest BCUT2D eigenvalue weighted by atomic mass is 16.3. The molecule has 4 nitrogen and oxygen atoms in total. The van der Waals surface area contributed by atoms with Gasteiger partial charge in [0.15, 0.2) is 0 Å². The SMILES string of the molecule is CNC(C)(CO)CCCCN1CC(C)C(N(C)C)C1. The first-order valence-corrected chi connectivity index (χ1v) is 7.60. The van der Waals surface area contributed by atoms with E-state index in [9.17, 15) is 5.11 Å². The zero-order valence-corrected chi connectivity index (χ0v) is 13.4.